The second-order valence-corrected chi connectivity index (χ2v) is 6.68. The lowest BCUT2D eigenvalue weighted by molar-refractivity contribution is 0.409. The molecule has 1 fully saturated rings. The van der Waals surface area contributed by atoms with E-state index in [-0.39, 0.29) is 0 Å². The Morgan fingerprint density at radius 2 is 1.68 bits per heavy atom. The zero-order chi connectivity index (χ0) is 18.9. The van der Waals surface area contributed by atoms with Gasteiger partial charge in [0.1, 0.15) is 5.75 Å². The largest absolute Gasteiger partial charge is 0.497 e. The van der Waals surface area contributed by atoms with Crippen molar-refractivity contribution in [1.82, 2.24) is 20.1 Å². The molecule has 3 heterocycles. The molecule has 1 aliphatic rings. The lowest BCUT2D eigenvalue weighted by Crippen LogP contribution is -2.47. The van der Waals surface area contributed by atoms with Crippen molar-refractivity contribution >= 4 is 23.0 Å². The number of rotatable bonds is 4. The van der Waals surface area contributed by atoms with Crippen LogP contribution in [-0.4, -0.2) is 53.4 Å². The molecule has 5 rings (SSSR count). The Hall–Kier alpha value is -3.55. The van der Waals surface area contributed by atoms with Crippen LogP contribution in [0.15, 0.2) is 53.1 Å². The van der Waals surface area contributed by atoms with E-state index in [4.69, 9.17) is 9.26 Å². The molecule has 0 unspecified atom stereocenters. The zero-order valence-corrected chi connectivity index (χ0v) is 15.5. The summed E-state index contributed by atoms with van der Waals surface area (Å²) in [5.41, 5.74) is 2.94. The fraction of sp³-hybridized carbons (Fsp3) is 0.250. The molecule has 142 valence electrons. The summed E-state index contributed by atoms with van der Waals surface area (Å²) < 4.78 is 10.7. The molecular formula is C20H20N6O2. The van der Waals surface area contributed by atoms with Gasteiger partial charge in [-0.3, -0.25) is 0 Å². The summed E-state index contributed by atoms with van der Waals surface area (Å²) >= 11 is 0. The van der Waals surface area contributed by atoms with E-state index in [1.807, 2.05) is 48.5 Å². The van der Waals surface area contributed by atoms with Crippen LogP contribution < -0.4 is 14.5 Å². The van der Waals surface area contributed by atoms with Crippen molar-refractivity contribution < 1.29 is 9.26 Å². The Kier molecular flexibility index (Phi) is 4.08. The number of piperazine rings is 1. The first-order chi connectivity index (χ1) is 13.8. The molecule has 8 nitrogen and oxygen atoms in total. The number of benzene rings is 2. The van der Waals surface area contributed by atoms with Crippen molar-refractivity contribution in [2.75, 3.05) is 43.1 Å². The lowest BCUT2D eigenvalue weighted by atomic mass is 10.2. The fourth-order valence-corrected chi connectivity index (χ4v) is 3.40. The normalized spacial score (nSPS) is 14.6. The quantitative estimate of drug-likeness (QED) is 0.586. The van der Waals surface area contributed by atoms with Gasteiger partial charge in [-0.15, -0.1) is 0 Å². The Balaban J connectivity index is 1.27. The lowest BCUT2D eigenvalue weighted by Gasteiger charge is -2.33. The van der Waals surface area contributed by atoms with Crippen LogP contribution in [0.25, 0.3) is 22.4 Å². The van der Waals surface area contributed by atoms with Crippen LogP contribution in [0, 0.1) is 0 Å². The smallest absolute Gasteiger partial charge is 0.324 e. The highest BCUT2D eigenvalue weighted by Gasteiger charge is 2.23. The molecule has 8 heteroatoms. The number of imidazole rings is 1. The van der Waals surface area contributed by atoms with Crippen molar-refractivity contribution in [2.45, 2.75) is 0 Å². The summed E-state index contributed by atoms with van der Waals surface area (Å²) in [6.07, 6.45) is 0. The maximum Gasteiger partial charge on any atom is 0.324 e. The van der Waals surface area contributed by atoms with Crippen LogP contribution in [0.4, 0.5) is 12.0 Å². The summed E-state index contributed by atoms with van der Waals surface area (Å²) in [7, 11) is 1.65. The molecule has 0 aliphatic carbocycles. The minimum absolute atomic E-state index is 0.551. The van der Waals surface area contributed by atoms with Gasteiger partial charge in [0.2, 0.25) is 11.8 Å². The number of hydrogen-bond donors (Lipinski definition) is 1. The fourth-order valence-electron chi connectivity index (χ4n) is 3.40. The number of hydrogen-bond acceptors (Lipinski definition) is 7. The third-order valence-electron chi connectivity index (χ3n) is 4.99. The van der Waals surface area contributed by atoms with Gasteiger partial charge in [0, 0.05) is 31.7 Å². The summed E-state index contributed by atoms with van der Waals surface area (Å²) in [5, 5.41) is 4.12. The number of nitrogens with one attached hydrogen (secondary N) is 1. The van der Waals surface area contributed by atoms with Crippen molar-refractivity contribution in [2.24, 2.45) is 0 Å². The predicted octanol–water partition coefficient (Wildman–Crippen LogP) is 2.95. The van der Waals surface area contributed by atoms with Gasteiger partial charge in [0.05, 0.1) is 18.1 Å². The Bertz CT molecular complexity index is 1050. The van der Waals surface area contributed by atoms with Crippen molar-refractivity contribution in [3.8, 4) is 17.1 Å². The number of anilines is 2. The van der Waals surface area contributed by atoms with Crippen LogP contribution in [0.3, 0.4) is 0 Å². The second kappa shape index (κ2) is 6.88. The van der Waals surface area contributed by atoms with Crippen LogP contribution in [-0.2, 0) is 0 Å². The number of fused-ring (bicyclic) bond motifs is 1. The standard InChI is InChI=1S/C20H20N6O2/c1-27-15-8-6-14(7-9-15)18-23-20(28-24-18)26-12-10-25(11-13-26)19-21-16-4-2-3-5-17(16)22-19/h2-9H,10-13H2,1H3,(H,21,22). The van der Waals surface area contributed by atoms with Gasteiger partial charge in [0.15, 0.2) is 0 Å². The minimum Gasteiger partial charge on any atom is -0.497 e. The average molecular weight is 376 g/mol. The van der Waals surface area contributed by atoms with Gasteiger partial charge in [-0.05, 0) is 36.4 Å². The number of methoxy groups -OCH3 is 1. The summed E-state index contributed by atoms with van der Waals surface area (Å²) in [5.74, 6) is 2.29. The molecule has 0 radical (unpaired) electrons. The molecular weight excluding hydrogens is 356 g/mol. The highest BCUT2D eigenvalue weighted by atomic mass is 16.5. The van der Waals surface area contributed by atoms with Crippen LogP contribution in [0.2, 0.25) is 0 Å². The van der Waals surface area contributed by atoms with E-state index in [9.17, 15) is 0 Å². The van der Waals surface area contributed by atoms with E-state index in [1.165, 1.54) is 0 Å². The van der Waals surface area contributed by atoms with Crippen LogP contribution >= 0.6 is 0 Å². The minimum atomic E-state index is 0.551. The summed E-state index contributed by atoms with van der Waals surface area (Å²) in [4.78, 5) is 17.0. The third kappa shape index (κ3) is 3.02. The van der Waals surface area contributed by atoms with E-state index < -0.39 is 0 Å². The monoisotopic (exact) mass is 376 g/mol. The van der Waals surface area contributed by atoms with E-state index in [2.05, 4.69) is 29.9 Å². The molecule has 2 aromatic heterocycles. The van der Waals surface area contributed by atoms with E-state index in [0.717, 1.165) is 54.5 Å². The Labute approximate surface area is 161 Å². The van der Waals surface area contributed by atoms with E-state index in [0.29, 0.717) is 11.8 Å². The predicted molar refractivity (Wildman–Crippen MR) is 107 cm³/mol. The first kappa shape index (κ1) is 16.6. The molecule has 1 N–H and O–H groups in total. The third-order valence-corrected chi connectivity index (χ3v) is 4.99. The highest BCUT2D eigenvalue weighted by Crippen LogP contribution is 2.24. The molecule has 0 saturated carbocycles. The molecule has 2 aromatic carbocycles. The average Bonchev–Trinajstić information content (AvgIpc) is 3.41. The van der Waals surface area contributed by atoms with Crippen LogP contribution in [0.1, 0.15) is 0 Å². The molecule has 1 aliphatic heterocycles. The molecule has 0 amide bonds. The molecule has 28 heavy (non-hydrogen) atoms. The topological polar surface area (TPSA) is 83.3 Å². The molecule has 4 aromatic rings. The first-order valence-corrected chi connectivity index (χ1v) is 9.23. The number of nitrogens with zero attached hydrogens (tertiary/aromatic N) is 5. The van der Waals surface area contributed by atoms with E-state index >= 15 is 0 Å². The first-order valence-electron chi connectivity index (χ1n) is 9.23. The maximum atomic E-state index is 5.50. The summed E-state index contributed by atoms with van der Waals surface area (Å²) in [6, 6.07) is 16.2. The van der Waals surface area contributed by atoms with Gasteiger partial charge in [0.25, 0.3) is 0 Å². The SMILES string of the molecule is COc1ccc(-c2noc(N3CCN(c4nc5ccccc5[nH]4)CC3)n2)cc1. The zero-order valence-electron chi connectivity index (χ0n) is 15.5. The van der Waals surface area contributed by atoms with Crippen molar-refractivity contribution in [1.29, 1.82) is 0 Å². The molecule has 0 bridgehead atoms. The van der Waals surface area contributed by atoms with Crippen molar-refractivity contribution in [3.63, 3.8) is 0 Å². The number of aromatic amines is 1. The molecule has 1 saturated heterocycles. The van der Waals surface area contributed by atoms with Crippen molar-refractivity contribution in [3.05, 3.63) is 48.5 Å². The maximum absolute atomic E-state index is 5.50. The number of ether oxygens (including phenoxy) is 1. The van der Waals surface area contributed by atoms with Crippen LogP contribution in [0.5, 0.6) is 5.75 Å². The van der Waals surface area contributed by atoms with E-state index in [1.54, 1.807) is 7.11 Å². The number of aromatic nitrogens is 4. The summed E-state index contributed by atoms with van der Waals surface area (Å²) in [6.45, 7) is 3.25. The molecule has 0 spiro atoms. The van der Waals surface area contributed by atoms with Gasteiger partial charge in [-0.2, -0.15) is 4.98 Å². The molecule has 0 atom stereocenters. The van der Waals surface area contributed by atoms with Gasteiger partial charge in [-0.25, -0.2) is 4.98 Å². The number of para-hydroxylation sites is 2. The second-order valence-electron chi connectivity index (χ2n) is 6.68. The Morgan fingerprint density at radius 1 is 0.929 bits per heavy atom. The van der Waals surface area contributed by atoms with Gasteiger partial charge in [-0.1, -0.05) is 17.3 Å². The van der Waals surface area contributed by atoms with Gasteiger partial charge < -0.3 is 24.0 Å². The highest BCUT2D eigenvalue weighted by molar-refractivity contribution is 5.77. The Morgan fingerprint density at radius 3 is 2.43 bits per heavy atom. The van der Waals surface area contributed by atoms with Gasteiger partial charge >= 0.3 is 6.01 Å². The number of H-pyrrole nitrogens is 1.